The van der Waals surface area contributed by atoms with Crippen molar-refractivity contribution in [2.24, 2.45) is 0 Å². The number of piperazine rings is 1. The van der Waals surface area contributed by atoms with Crippen molar-refractivity contribution in [1.82, 2.24) is 24.4 Å². The summed E-state index contributed by atoms with van der Waals surface area (Å²) in [6.45, 7) is 2.80. The van der Waals surface area contributed by atoms with Crippen LogP contribution in [0.15, 0.2) is 73.6 Å². The third-order valence-electron chi connectivity index (χ3n) is 5.29. The average Bonchev–Trinajstić information content (AvgIpc) is 3.34. The average molecular weight is 384 g/mol. The number of benzene rings is 2. The van der Waals surface area contributed by atoms with Crippen LogP contribution < -0.4 is 4.90 Å². The van der Waals surface area contributed by atoms with Crippen LogP contribution in [0.4, 0.5) is 5.82 Å². The van der Waals surface area contributed by atoms with Crippen LogP contribution in [0, 0.1) is 0 Å². The second-order valence-corrected chi connectivity index (χ2v) is 7.05. The molecule has 0 unspecified atom stereocenters. The Labute approximate surface area is 168 Å². The second kappa shape index (κ2) is 7.35. The number of carbonyl (C=O) groups is 1. The molecule has 29 heavy (non-hydrogen) atoms. The lowest BCUT2D eigenvalue weighted by Crippen LogP contribution is -2.49. The lowest BCUT2D eigenvalue weighted by molar-refractivity contribution is 0.0746. The Hall–Kier alpha value is -3.74. The minimum absolute atomic E-state index is 0.0807. The third kappa shape index (κ3) is 3.42. The molecule has 1 saturated heterocycles. The SMILES string of the molecule is O=C(c1ccc2ccccc2c1)N1CCN(c2cc(-n3ccnc3)ncn2)CC1. The van der Waals surface area contributed by atoms with Gasteiger partial charge in [-0.1, -0.05) is 30.3 Å². The predicted molar refractivity (Wildman–Crippen MR) is 111 cm³/mol. The topological polar surface area (TPSA) is 67.2 Å². The molecule has 0 radical (unpaired) electrons. The van der Waals surface area contributed by atoms with E-state index in [1.54, 1.807) is 18.9 Å². The number of nitrogens with zero attached hydrogens (tertiary/aromatic N) is 6. The summed E-state index contributed by atoms with van der Waals surface area (Å²) in [5.41, 5.74) is 0.738. The Morgan fingerprint density at radius 1 is 0.862 bits per heavy atom. The van der Waals surface area contributed by atoms with E-state index in [2.05, 4.69) is 25.9 Å². The molecule has 144 valence electrons. The van der Waals surface area contributed by atoms with Gasteiger partial charge in [0.05, 0.1) is 0 Å². The van der Waals surface area contributed by atoms with Crippen LogP contribution in [0.25, 0.3) is 16.6 Å². The molecule has 7 nitrogen and oxygen atoms in total. The smallest absolute Gasteiger partial charge is 0.253 e. The number of rotatable bonds is 3. The molecule has 4 aromatic rings. The van der Waals surface area contributed by atoms with Gasteiger partial charge in [0.1, 0.15) is 24.3 Å². The highest BCUT2D eigenvalue weighted by Gasteiger charge is 2.23. The van der Waals surface area contributed by atoms with Crippen molar-refractivity contribution in [3.8, 4) is 5.82 Å². The minimum atomic E-state index is 0.0807. The molecule has 5 rings (SSSR count). The van der Waals surface area contributed by atoms with Gasteiger partial charge in [0.25, 0.3) is 5.91 Å². The van der Waals surface area contributed by atoms with Crippen LogP contribution in [0.5, 0.6) is 0 Å². The van der Waals surface area contributed by atoms with Crippen LogP contribution >= 0.6 is 0 Å². The van der Waals surface area contributed by atoms with Gasteiger partial charge in [-0.15, -0.1) is 0 Å². The molecule has 0 atom stereocenters. The van der Waals surface area contributed by atoms with Gasteiger partial charge in [0.2, 0.25) is 0 Å². The molecule has 1 aliphatic rings. The summed E-state index contributed by atoms with van der Waals surface area (Å²) in [5.74, 6) is 1.72. The van der Waals surface area contributed by atoms with Crippen molar-refractivity contribution in [3.63, 3.8) is 0 Å². The molecule has 0 bridgehead atoms. The van der Waals surface area contributed by atoms with Crippen LogP contribution in [0.3, 0.4) is 0 Å². The molecule has 2 aromatic heterocycles. The molecular formula is C22H20N6O. The van der Waals surface area contributed by atoms with E-state index in [-0.39, 0.29) is 5.91 Å². The van der Waals surface area contributed by atoms with Gasteiger partial charge in [0, 0.05) is 50.2 Å². The Morgan fingerprint density at radius 3 is 2.45 bits per heavy atom. The molecule has 1 aliphatic heterocycles. The summed E-state index contributed by atoms with van der Waals surface area (Å²) >= 11 is 0. The summed E-state index contributed by atoms with van der Waals surface area (Å²) in [5, 5.41) is 2.23. The first-order valence-electron chi connectivity index (χ1n) is 9.61. The maximum absolute atomic E-state index is 13.0. The minimum Gasteiger partial charge on any atom is -0.353 e. The maximum atomic E-state index is 13.0. The zero-order valence-corrected chi connectivity index (χ0v) is 15.8. The van der Waals surface area contributed by atoms with Crippen molar-refractivity contribution < 1.29 is 4.79 Å². The quantitative estimate of drug-likeness (QED) is 0.543. The fraction of sp³-hybridized carbons (Fsp3) is 0.182. The van der Waals surface area contributed by atoms with Gasteiger partial charge in [-0.2, -0.15) is 0 Å². The fourth-order valence-corrected chi connectivity index (χ4v) is 3.69. The summed E-state index contributed by atoms with van der Waals surface area (Å²) in [6.07, 6.45) is 6.86. The fourth-order valence-electron chi connectivity index (χ4n) is 3.69. The second-order valence-electron chi connectivity index (χ2n) is 7.05. The van der Waals surface area contributed by atoms with Crippen molar-refractivity contribution in [2.45, 2.75) is 0 Å². The van der Waals surface area contributed by atoms with E-state index in [0.29, 0.717) is 13.1 Å². The standard InChI is InChI=1S/C22H20N6O/c29-22(19-6-5-17-3-1-2-4-18(17)13-19)27-11-9-26(10-12-27)20-14-21(25-15-24-20)28-8-7-23-16-28/h1-8,13-16H,9-12H2. The first-order chi connectivity index (χ1) is 14.3. The van der Waals surface area contributed by atoms with Gasteiger partial charge >= 0.3 is 0 Å². The monoisotopic (exact) mass is 384 g/mol. The molecule has 0 saturated carbocycles. The van der Waals surface area contributed by atoms with Gasteiger partial charge in [0.15, 0.2) is 0 Å². The van der Waals surface area contributed by atoms with E-state index in [1.807, 2.05) is 58.1 Å². The number of hydrogen-bond acceptors (Lipinski definition) is 5. The number of hydrogen-bond donors (Lipinski definition) is 0. The Bertz CT molecular complexity index is 1150. The predicted octanol–water partition coefficient (Wildman–Crippen LogP) is 2.78. The zero-order valence-electron chi connectivity index (χ0n) is 15.8. The number of carbonyl (C=O) groups excluding carboxylic acids is 1. The molecule has 0 aliphatic carbocycles. The molecule has 0 spiro atoms. The maximum Gasteiger partial charge on any atom is 0.253 e. The number of fused-ring (bicyclic) bond motifs is 1. The Morgan fingerprint density at radius 2 is 1.66 bits per heavy atom. The van der Waals surface area contributed by atoms with Crippen LogP contribution in [-0.2, 0) is 0 Å². The summed E-state index contributed by atoms with van der Waals surface area (Å²) < 4.78 is 1.85. The number of amides is 1. The summed E-state index contributed by atoms with van der Waals surface area (Å²) in [4.78, 5) is 29.9. The van der Waals surface area contributed by atoms with Crippen molar-refractivity contribution in [1.29, 1.82) is 0 Å². The lowest BCUT2D eigenvalue weighted by Gasteiger charge is -2.35. The summed E-state index contributed by atoms with van der Waals surface area (Å²) in [7, 11) is 0. The first-order valence-corrected chi connectivity index (χ1v) is 9.61. The van der Waals surface area contributed by atoms with E-state index < -0.39 is 0 Å². The number of imidazole rings is 1. The molecule has 1 amide bonds. The van der Waals surface area contributed by atoms with E-state index in [4.69, 9.17) is 0 Å². The summed E-state index contributed by atoms with van der Waals surface area (Å²) in [6, 6.07) is 16.0. The van der Waals surface area contributed by atoms with Gasteiger partial charge in [-0.25, -0.2) is 15.0 Å². The van der Waals surface area contributed by atoms with Crippen molar-refractivity contribution in [3.05, 3.63) is 79.1 Å². The van der Waals surface area contributed by atoms with E-state index >= 15 is 0 Å². The Kier molecular flexibility index (Phi) is 4.40. The first kappa shape index (κ1) is 17.4. The number of aromatic nitrogens is 4. The van der Waals surface area contributed by atoms with Gasteiger partial charge in [-0.05, 0) is 22.9 Å². The Balaban J connectivity index is 1.28. The highest BCUT2D eigenvalue weighted by molar-refractivity contribution is 5.98. The van der Waals surface area contributed by atoms with E-state index in [1.165, 1.54) is 0 Å². The van der Waals surface area contributed by atoms with E-state index in [0.717, 1.165) is 41.1 Å². The molecular weight excluding hydrogens is 364 g/mol. The van der Waals surface area contributed by atoms with Crippen molar-refractivity contribution in [2.75, 3.05) is 31.1 Å². The normalized spacial score (nSPS) is 14.3. The van der Waals surface area contributed by atoms with Crippen LogP contribution in [-0.4, -0.2) is 56.5 Å². The van der Waals surface area contributed by atoms with Crippen molar-refractivity contribution >= 4 is 22.5 Å². The molecule has 7 heteroatoms. The van der Waals surface area contributed by atoms with Gasteiger partial charge < -0.3 is 9.80 Å². The molecule has 2 aromatic carbocycles. The van der Waals surface area contributed by atoms with E-state index in [9.17, 15) is 4.79 Å². The molecule has 1 fully saturated rings. The highest BCUT2D eigenvalue weighted by Crippen LogP contribution is 2.19. The molecule has 0 N–H and O–H groups in total. The zero-order chi connectivity index (χ0) is 19.6. The number of anilines is 1. The van der Waals surface area contributed by atoms with Gasteiger partial charge in [-0.3, -0.25) is 9.36 Å². The third-order valence-corrected chi connectivity index (χ3v) is 5.29. The highest BCUT2D eigenvalue weighted by atomic mass is 16.2. The van der Waals surface area contributed by atoms with Crippen LogP contribution in [0.1, 0.15) is 10.4 Å². The van der Waals surface area contributed by atoms with Crippen LogP contribution in [0.2, 0.25) is 0 Å². The molecule has 3 heterocycles. The largest absolute Gasteiger partial charge is 0.353 e. The lowest BCUT2D eigenvalue weighted by atomic mass is 10.1.